The topological polar surface area (TPSA) is 41.1 Å². The van der Waals surface area contributed by atoms with E-state index in [4.69, 9.17) is 0 Å². The lowest BCUT2D eigenvalue weighted by Gasteiger charge is -2.28. The fraction of sp³-hybridized carbons (Fsp3) is 0.588. The lowest BCUT2D eigenvalue weighted by Crippen LogP contribution is -2.46. The van der Waals surface area contributed by atoms with E-state index in [9.17, 15) is 4.79 Å². The molecule has 0 bridgehead atoms. The second-order valence-corrected chi connectivity index (χ2v) is 6.02. The molecular weight excluding hydrogens is 248 g/mol. The Balaban J connectivity index is 1.92. The van der Waals surface area contributed by atoms with E-state index in [0.29, 0.717) is 0 Å². The Morgan fingerprint density at radius 2 is 2.15 bits per heavy atom. The molecule has 3 nitrogen and oxygen atoms in total. The second kappa shape index (κ2) is 6.89. The summed E-state index contributed by atoms with van der Waals surface area (Å²) in [5.41, 5.74) is 1.09. The normalized spacial score (nSPS) is 23.5. The smallest absolute Gasteiger partial charge is 0.227 e. The first kappa shape index (κ1) is 15.0. The fourth-order valence-electron chi connectivity index (χ4n) is 3.14. The van der Waals surface area contributed by atoms with Crippen LogP contribution in [-0.4, -0.2) is 25.0 Å². The van der Waals surface area contributed by atoms with Crippen LogP contribution < -0.4 is 10.6 Å². The van der Waals surface area contributed by atoms with E-state index >= 15 is 0 Å². The van der Waals surface area contributed by atoms with Crippen molar-refractivity contribution in [1.82, 2.24) is 10.6 Å². The molecule has 2 atom stereocenters. The zero-order chi connectivity index (χ0) is 14.4. The van der Waals surface area contributed by atoms with E-state index < -0.39 is 0 Å². The second-order valence-electron chi connectivity index (χ2n) is 6.02. The number of benzene rings is 1. The largest absolute Gasteiger partial charge is 0.353 e. The Kier molecular flexibility index (Phi) is 5.18. The molecule has 1 aliphatic rings. The number of amides is 1. The van der Waals surface area contributed by atoms with Crippen molar-refractivity contribution in [3.8, 4) is 0 Å². The summed E-state index contributed by atoms with van der Waals surface area (Å²) in [6.07, 6.45) is 3.89. The summed E-state index contributed by atoms with van der Waals surface area (Å²) in [5, 5.41) is 6.56. The van der Waals surface area contributed by atoms with Gasteiger partial charge in [0.25, 0.3) is 0 Å². The quantitative estimate of drug-likeness (QED) is 0.837. The third-order valence-electron chi connectivity index (χ3n) is 4.22. The van der Waals surface area contributed by atoms with Crippen LogP contribution in [0, 0.1) is 5.41 Å². The molecule has 2 rings (SSSR count). The van der Waals surface area contributed by atoms with Crippen molar-refractivity contribution in [1.29, 1.82) is 0 Å². The molecule has 1 amide bonds. The molecule has 1 aliphatic heterocycles. The van der Waals surface area contributed by atoms with E-state index in [1.54, 1.807) is 0 Å². The van der Waals surface area contributed by atoms with Gasteiger partial charge in [-0.3, -0.25) is 4.79 Å². The van der Waals surface area contributed by atoms with Gasteiger partial charge in [0, 0.05) is 12.6 Å². The molecular formula is C17H26N2O. The molecule has 2 N–H and O–H groups in total. The Labute approximate surface area is 122 Å². The maximum Gasteiger partial charge on any atom is 0.227 e. The van der Waals surface area contributed by atoms with Gasteiger partial charge < -0.3 is 10.6 Å². The molecule has 20 heavy (non-hydrogen) atoms. The van der Waals surface area contributed by atoms with Crippen LogP contribution in [0.25, 0.3) is 0 Å². The van der Waals surface area contributed by atoms with Gasteiger partial charge in [-0.1, -0.05) is 43.7 Å². The van der Waals surface area contributed by atoms with Crippen molar-refractivity contribution >= 4 is 5.91 Å². The van der Waals surface area contributed by atoms with Gasteiger partial charge in [-0.2, -0.15) is 0 Å². The summed E-state index contributed by atoms with van der Waals surface area (Å²) in [4.78, 5) is 12.6. The van der Waals surface area contributed by atoms with Crippen molar-refractivity contribution in [2.24, 2.45) is 5.41 Å². The molecule has 1 aromatic carbocycles. The maximum atomic E-state index is 12.6. The highest BCUT2D eigenvalue weighted by atomic mass is 16.2. The molecule has 1 heterocycles. The molecule has 2 unspecified atom stereocenters. The molecule has 0 aliphatic carbocycles. The van der Waals surface area contributed by atoms with E-state index in [1.807, 2.05) is 18.2 Å². The van der Waals surface area contributed by atoms with Crippen molar-refractivity contribution in [3.63, 3.8) is 0 Å². The predicted molar refractivity (Wildman–Crippen MR) is 82.6 cm³/mol. The number of carbonyl (C=O) groups excluding carboxylic acids is 1. The van der Waals surface area contributed by atoms with Crippen LogP contribution in [0.3, 0.4) is 0 Å². The summed E-state index contributed by atoms with van der Waals surface area (Å²) in [7, 11) is 0. The summed E-state index contributed by atoms with van der Waals surface area (Å²) in [5.74, 6) is 0.229. The monoisotopic (exact) mass is 274 g/mol. The maximum absolute atomic E-state index is 12.6. The molecule has 1 aromatic rings. The van der Waals surface area contributed by atoms with E-state index in [1.165, 1.54) is 5.56 Å². The molecule has 0 aromatic heterocycles. The Bertz CT molecular complexity index is 424. The Hall–Kier alpha value is -1.35. The van der Waals surface area contributed by atoms with Gasteiger partial charge in [-0.25, -0.2) is 0 Å². The van der Waals surface area contributed by atoms with E-state index in [-0.39, 0.29) is 17.4 Å². The third kappa shape index (κ3) is 3.60. The zero-order valence-electron chi connectivity index (χ0n) is 12.6. The van der Waals surface area contributed by atoms with Gasteiger partial charge in [0.1, 0.15) is 0 Å². The minimum absolute atomic E-state index is 0.180. The Morgan fingerprint density at radius 3 is 2.75 bits per heavy atom. The molecule has 1 saturated heterocycles. The average molecular weight is 274 g/mol. The van der Waals surface area contributed by atoms with Gasteiger partial charge >= 0.3 is 0 Å². The van der Waals surface area contributed by atoms with Crippen molar-refractivity contribution in [2.45, 2.75) is 45.6 Å². The van der Waals surface area contributed by atoms with Gasteiger partial charge in [-0.05, 0) is 38.3 Å². The number of hydrogen-bond acceptors (Lipinski definition) is 2. The van der Waals surface area contributed by atoms with Crippen LogP contribution in [-0.2, 0) is 11.2 Å². The standard InChI is InChI=1S/C17H26N2O/c1-3-9-17(10-11-18-13-17)16(20)19-14(2)12-15-7-5-4-6-8-15/h4-8,14,18H,3,9-13H2,1-2H3,(H,19,20). The first-order valence-electron chi connectivity index (χ1n) is 7.72. The first-order chi connectivity index (χ1) is 9.66. The van der Waals surface area contributed by atoms with Crippen LogP contribution >= 0.6 is 0 Å². The molecule has 1 fully saturated rings. The number of nitrogens with one attached hydrogen (secondary N) is 2. The lowest BCUT2D eigenvalue weighted by atomic mass is 9.81. The van der Waals surface area contributed by atoms with Crippen LogP contribution in [0.2, 0.25) is 0 Å². The lowest BCUT2D eigenvalue weighted by molar-refractivity contribution is -0.131. The summed E-state index contributed by atoms with van der Waals surface area (Å²) in [6.45, 7) is 6.03. The molecule has 110 valence electrons. The molecule has 0 saturated carbocycles. The van der Waals surface area contributed by atoms with Crippen LogP contribution in [0.15, 0.2) is 30.3 Å². The third-order valence-corrected chi connectivity index (χ3v) is 4.22. The van der Waals surface area contributed by atoms with Crippen molar-refractivity contribution in [3.05, 3.63) is 35.9 Å². The van der Waals surface area contributed by atoms with Crippen molar-refractivity contribution in [2.75, 3.05) is 13.1 Å². The zero-order valence-corrected chi connectivity index (χ0v) is 12.6. The first-order valence-corrected chi connectivity index (χ1v) is 7.72. The van der Waals surface area contributed by atoms with Crippen LogP contribution in [0.1, 0.15) is 38.7 Å². The number of carbonyl (C=O) groups is 1. The van der Waals surface area contributed by atoms with Crippen LogP contribution in [0.4, 0.5) is 0 Å². The number of hydrogen-bond donors (Lipinski definition) is 2. The summed E-state index contributed by atoms with van der Waals surface area (Å²) >= 11 is 0. The minimum Gasteiger partial charge on any atom is -0.353 e. The summed E-state index contributed by atoms with van der Waals surface area (Å²) < 4.78 is 0. The van der Waals surface area contributed by atoms with E-state index in [0.717, 1.165) is 38.8 Å². The fourth-order valence-corrected chi connectivity index (χ4v) is 3.14. The summed E-state index contributed by atoms with van der Waals surface area (Å²) in [6, 6.07) is 10.5. The van der Waals surface area contributed by atoms with Gasteiger partial charge in [0.15, 0.2) is 0 Å². The van der Waals surface area contributed by atoms with Gasteiger partial charge in [-0.15, -0.1) is 0 Å². The highest BCUT2D eigenvalue weighted by Crippen LogP contribution is 2.31. The number of rotatable bonds is 6. The Morgan fingerprint density at radius 1 is 1.40 bits per heavy atom. The van der Waals surface area contributed by atoms with Crippen molar-refractivity contribution < 1.29 is 4.79 Å². The predicted octanol–water partition coefficient (Wildman–Crippen LogP) is 2.51. The SMILES string of the molecule is CCCC1(C(=O)NC(C)Cc2ccccc2)CCNC1. The molecule has 3 heteroatoms. The minimum atomic E-state index is -0.181. The highest BCUT2D eigenvalue weighted by molar-refractivity contribution is 5.83. The molecule has 0 spiro atoms. The van der Waals surface area contributed by atoms with Crippen LogP contribution in [0.5, 0.6) is 0 Å². The van der Waals surface area contributed by atoms with Gasteiger partial charge in [0.2, 0.25) is 5.91 Å². The van der Waals surface area contributed by atoms with Gasteiger partial charge in [0.05, 0.1) is 5.41 Å². The highest BCUT2D eigenvalue weighted by Gasteiger charge is 2.40. The van der Waals surface area contributed by atoms with E-state index in [2.05, 4.69) is 36.6 Å². The molecule has 0 radical (unpaired) electrons. The average Bonchev–Trinajstić information content (AvgIpc) is 2.90.